The fourth-order valence-electron chi connectivity index (χ4n) is 3.49. The van der Waals surface area contributed by atoms with Gasteiger partial charge in [0.25, 0.3) is 0 Å². The van der Waals surface area contributed by atoms with Gasteiger partial charge in [-0.25, -0.2) is 4.98 Å². The molecule has 2 atom stereocenters. The number of fused-ring (bicyclic) bond motifs is 2. The molecule has 1 aromatic heterocycles. The van der Waals surface area contributed by atoms with Crippen LogP contribution in [0.15, 0.2) is 11.6 Å². The van der Waals surface area contributed by atoms with Gasteiger partial charge in [-0.15, -0.1) is 11.3 Å². The van der Waals surface area contributed by atoms with E-state index in [0.29, 0.717) is 6.04 Å². The summed E-state index contributed by atoms with van der Waals surface area (Å²) in [6, 6.07) is 1.94. The number of thiazole rings is 1. The maximum absolute atomic E-state index is 6.14. The van der Waals surface area contributed by atoms with E-state index in [0.717, 1.165) is 18.5 Å². The first-order valence-electron chi connectivity index (χ1n) is 6.72. The molecule has 2 saturated heterocycles. The molecule has 0 aliphatic carbocycles. The van der Waals surface area contributed by atoms with Crippen LogP contribution in [0.3, 0.4) is 0 Å². The molecule has 1 aromatic rings. The second-order valence-corrected chi connectivity index (χ2v) is 6.36. The summed E-state index contributed by atoms with van der Waals surface area (Å²) in [6.07, 6.45) is 9.52. The monoisotopic (exact) mass is 251 g/mol. The van der Waals surface area contributed by atoms with Crippen molar-refractivity contribution in [2.24, 2.45) is 5.73 Å². The molecule has 94 valence electrons. The molecule has 3 rings (SSSR count). The van der Waals surface area contributed by atoms with Gasteiger partial charge in [-0.2, -0.15) is 0 Å². The van der Waals surface area contributed by atoms with Crippen LogP contribution in [-0.2, 0) is 6.42 Å². The Labute approximate surface area is 107 Å². The van der Waals surface area contributed by atoms with Gasteiger partial charge in [0.2, 0.25) is 0 Å². The molecule has 2 unspecified atom stereocenters. The molecular weight excluding hydrogens is 230 g/mol. The van der Waals surface area contributed by atoms with Crippen LogP contribution in [0.4, 0.5) is 0 Å². The third-order valence-electron chi connectivity index (χ3n) is 4.23. The SMILES string of the molecule is NC1CC2CCCC(C1)N2CCc1nccs1. The Morgan fingerprint density at radius 2 is 2.12 bits per heavy atom. The summed E-state index contributed by atoms with van der Waals surface area (Å²) in [5, 5.41) is 3.35. The lowest BCUT2D eigenvalue weighted by Crippen LogP contribution is -2.55. The van der Waals surface area contributed by atoms with Gasteiger partial charge in [0.1, 0.15) is 0 Å². The van der Waals surface area contributed by atoms with Crippen LogP contribution >= 0.6 is 11.3 Å². The van der Waals surface area contributed by atoms with E-state index >= 15 is 0 Å². The molecule has 3 heterocycles. The summed E-state index contributed by atoms with van der Waals surface area (Å²) >= 11 is 1.78. The number of nitrogens with zero attached hydrogens (tertiary/aromatic N) is 2. The van der Waals surface area contributed by atoms with Crippen LogP contribution in [0.5, 0.6) is 0 Å². The molecule has 2 aliphatic heterocycles. The van der Waals surface area contributed by atoms with Crippen molar-refractivity contribution in [1.29, 1.82) is 0 Å². The minimum Gasteiger partial charge on any atom is -0.328 e. The number of rotatable bonds is 3. The molecule has 4 heteroatoms. The zero-order valence-corrected chi connectivity index (χ0v) is 11.0. The van der Waals surface area contributed by atoms with E-state index in [9.17, 15) is 0 Å². The highest BCUT2D eigenvalue weighted by Crippen LogP contribution is 2.33. The van der Waals surface area contributed by atoms with E-state index in [1.54, 1.807) is 11.3 Å². The molecule has 2 bridgehead atoms. The highest BCUT2D eigenvalue weighted by atomic mass is 32.1. The minimum atomic E-state index is 0.446. The number of nitrogens with two attached hydrogens (primary N) is 1. The van der Waals surface area contributed by atoms with Gasteiger partial charge in [-0.3, -0.25) is 4.90 Å². The van der Waals surface area contributed by atoms with E-state index in [-0.39, 0.29) is 0 Å². The highest BCUT2D eigenvalue weighted by molar-refractivity contribution is 7.09. The molecule has 0 radical (unpaired) electrons. The number of aromatic nitrogens is 1. The number of hydrogen-bond acceptors (Lipinski definition) is 4. The van der Waals surface area contributed by atoms with Crippen LogP contribution in [0.1, 0.15) is 37.1 Å². The van der Waals surface area contributed by atoms with E-state index in [1.807, 2.05) is 6.20 Å². The standard InChI is InChI=1S/C13H21N3S/c14-10-8-11-2-1-3-12(9-10)16(11)6-4-13-15-5-7-17-13/h5,7,10-12H,1-4,6,8-9,14H2. The Morgan fingerprint density at radius 1 is 1.35 bits per heavy atom. The fraction of sp³-hybridized carbons (Fsp3) is 0.769. The summed E-state index contributed by atoms with van der Waals surface area (Å²) in [4.78, 5) is 7.09. The zero-order chi connectivity index (χ0) is 11.7. The fourth-order valence-corrected chi connectivity index (χ4v) is 4.10. The van der Waals surface area contributed by atoms with Gasteiger partial charge < -0.3 is 5.73 Å². The van der Waals surface area contributed by atoms with Crippen LogP contribution in [0.25, 0.3) is 0 Å². The van der Waals surface area contributed by atoms with Gasteiger partial charge in [0, 0.05) is 42.7 Å². The Kier molecular flexibility index (Phi) is 3.45. The van der Waals surface area contributed by atoms with Crippen LogP contribution in [-0.4, -0.2) is 34.6 Å². The van der Waals surface area contributed by atoms with Gasteiger partial charge in [0.15, 0.2) is 0 Å². The highest BCUT2D eigenvalue weighted by Gasteiger charge is 2.36. The van der Waals surface area contributed by atoms with Crippen molar-refractivity contribution in [3.63, 3.8) is 0 Å². The first-order valence-corrected chi connectivity index (χ1v) is 7.60. The first kappa shape index (κ1) is 11.6. The lowest BCUT2D eigenvalue weighted by atomic mass is 9.82. The normalized spacial score (nSPS) is 33.8. The van der Waals surface area contributed by atoms with Crippen LogP contribution in [0.2, 0.25) is 0 Å². The predicted octanol–water partition coefficient (Wildman–Crippen LogP) is 2.03. The molecule has 2 aliphatic rings. The van der Waals surface area contributed by atoms with Gasteiger partial charge in [0.05, 0.1) is 5.01 Å². The molecule has 0 spiro atoms. The largest absolute Gasteiger partial charge is 0.328 e. The Hall–Kier alpha value is -0.450. The number of piperidine rings is 2. The average Bonchev–Trinajstić information content (AvgIpc) is 2.79. The summed E-state index contributed by atoms with van der Waals surface area (Å²) in [5.41, 5.74) is 6.14. The van der Waals surface area contributed by atoms with Gasteiger partial charge in [-0.05, 0) is 25.7 Å². The van der Waals surface area contributed by atoms with Crippen molar-refractivity contribution >= 4 is 11.3 Å². The summed E-state index contributed by atoms with van der Waals surface area (Å²) in [5.74, 6) is 0. The van der Waals surface area contributed by atoms with E-state index in [2.05, 4.69) is 15.3 Å². The third-order valence-corrected chi connectivity index (χ3v) is 5.07. The predicted molar refractivity (Wildman–Crippen MR) is 71.2 cm³/mol. The minimum absolute atomic E-state index is 0.446. The first-order chi connectivity index (χ1) is 8.33. The zero-order valence-electron chi connectivity index (χ0n) is 10.2. The Balaban J connectivity index is 1.62. The smallest absolute Gasteiger partial charge is 0.0937 e. The molecule has 0 amide bonds. The molecular formula is C13H21N3S. The molecule has 2 fully saturated rings. The molecule has 0 saturated carbocycles. The second-order valence-electron chi connectivity index (χ2n) is 5.38. The van der Waals surface area contributed by atoms with Crippen molar-refractivity contribution < 1.29 is 0 Å². The number of hydrogen-bond donors (Lipinski definition) is 1. The third kappa shape index (κ3) is 2.54. The van der Waals surface area contributed by atoms with E-state index in [4.69, 9.17) is 5.73 Å². The van der Waals surface area contributed by atoms with Crippen LogP contribution < -0.4 is 5.73 Å². The molecule has 2 N–H and O–H groups in total. The molecule has 17 heavy (non-hydrogen) atoms. The van der Waals surface area contributed by atoms with Gasteiger partial charge in [-0.1, -0.05) is 6.42 Å². The van der Waals surface area contributed by atoms with E-state index in [1.165, 1.54) is 43.7 Å². The average molecular weight is 251 g/mol. The van der Waals surface area contributed by atoms with Gasteiger partial charge >= 0.3 is 0 Å². The molecule has 0 aromatic carbocycles. The summed E-state index contributed by atoms with van der Waals surface area (Å²) in [7, 11) is 0. The second kappa shape index (κ2) is 5.04. The lowest BCUT2D eigenvalue weighted by molar-refractivity contribution is 0.0327. The molecule has 3 nitrogen and oxygen atoms in total. The maximum atomic E-state index is 6.14. The van der Waals surface area contributed by atoms with Crippen molar-refractivity contribution in [3.8, 4) is 0 Å². The van der Waals surface area contributed by atoms with Crippen molar-refractivity contribution in [1.82, 2.24) is 9.88 Å². The lowest BCUT2D eigenvalue weighted by Gasteiger charge is -2.48. The summed E-state index contributed by atoms with van der Waals surface area (Å²) < 4.78 is 0. The van der Waals surface area contributed by atoms with Crippen molar-refractivity contribution in [2.45, 2.75) is 56.7 Å². The maximum Gasteiger partial charge on any atom is 0.0937 e. The summed E-state index contributed by atoms with van der Waals surface area (Å²) in [6.45, 7) is 1.18. The topological polar surface area (TPSA) is 42.1 Å². The van der Waals surface area contributed by atoms with E-state index < -0.39 is 0 Å². The Morgan fingerprint density at radius 3 is 2.76 bits per heavy atom. The van der Waals surface area contributed by atoms with Crippen molar-refractivity contribution in [3.05, 3.63) is 16.6 Å². The van der Waals surface area contributed by atoms with Crippen LogP contribution in [0, 0.1) is 0 Å². The Bertz CT molecular complexity index is 338. The van der Waals surface area contributed by atoms with Crippen molar-refractivity contribution in [2.75, 3.05) is 6.54 Å². The quantitative estimate of drug-likeness (QED) is 0.894.